The van der Waals surface area contributed by atoms with Gasteiger partial charge in [-0.1, -0.05) is 0 Å². The van der Waals surface area contributed by atoms with E-state index in [9.17, 15) is 8.78 Å². The van der Waals surface area contributed by atoms with Gasteiger partial charge in [0.25, 0.3) is 0 Å². The van der Waals surface area contributed by atoms with Gasteiger partial charge >= 0.3 is 0 Å². The van der Waals surface area contributed by atoms with Gasteiger partial charge in [0, 0.05) is 16.2 Å². The van der Waals surface area contributed by atoms with Crippen LogP contribution < -0.4 is 0 Å². The van der Waals surface area contributed by atoms with Gasteiger partial charge in [-0.2, -0.15) is 0 Å². The lowest BCUT2D eigenvalue weighted by Crippen LogP contribution is -1.90. The molecule has 0 aliphatic heterocycles. The molecule has 0 fully saturated rings. The highest BCUT2D eigenvalue weighted by Gasteiger charge is 2.10. The van der Waals surface area contributed by atoms with Crippen LogP contribution in [0.2, 0.25) is 0 Å². The lowest BCUT2D eigenvalue weighted by molar-refractivity contribution is 0.581. The van der Waals surface area contributed by atoms with E-state index in [2.05, 4.69) is 20.9 Å². The molecule has 0 spiro atoms. The van der Waals surface area contributed by atoms with Crippen molar-refractivity contribution in [2.45, 2.75) is 0 Å². The van der Waals surface area contributed by atoms with Crippen molar-refractivity contribution >= 4 is 15.9 Å². The maximum atomic E-state index is 13.4. The number of benzene rings is 1. The Morgan fingerprint density at radius 1 is 1.20 bits per heavy atom. The van der Waals surface area contributed by atoms with Crippen LogP contribution in [0.5, 0.6) is 0 Å². The van der Waals surface area contributed by atoms with Crippen molar-refractivity contribution in [1.29, 1.82) is 0 Å². The third kappa shape index (κ3) is 2.04. The Kier molecular flexibility index (Phi) is 2.77. The van der Waals surface area contributed by atoms with E-state index in [1.807, 2.05) is 6.07 Å². The van der Waals surface area contributed by atoms with E-state index in [1.165, 1.54) is 6.07 Å². The molecule has 1 aromatic heterocycles. The Labute approximate surface area is 93.9 Å². The van der Waals surface area contributed by atoms with Gasteiger partial charge in [-0.25, -0.2) is 8.78 Å². The van der Waals surface area contributed by atoms with Crippen LogP contribution in [-0.4, -0.2) is 4.98 Å². The maximum Gasteiger partial charge on any atom is 0.143 e. The molecule has 0 saturated carbocycles. The molecule has 0 bridgehead atoms. The highest BCUT2D eigenvalue weighted by Crippen LogP contribution is 2.27. The number of rotatable bonds is 1. The standard InChI is InChI=1S/C11H5BrF2N/c12-9-2-1-5-15-11(9)8-4-3-7(13)6-10(8)14/h1-5H. The predicted molar refractivity (Wildman–Crippen MR) is 56.1 cm³/mol. The summed E-state index contributed by atoms with van der Waals surface area (Å²) in [5, 5.41) is 0. The zero-order valence-electron chi connectivity index (χ0n) is 7.47. The Morgan fingerprint density at radius 3 is 2.67 bits per heavy atom. The van der Waals surface area contributed by atoms with Gasteiger partial charge in [0.05, 0.1) is 11.8 Å². The largest absolute Gasteiger partial charge is 0.255 e. The second-order valence-electron chi connectivity index (χ2n) is 2.87. The zero-order chi connectivity index (χ0) is 10.8. The molecule has 0 N–H and O–H groups in total. The summed E-state index contributed by atoms with van der Waals surface area (Å²) in [4.78, 5) is 4.01. The summed E-state index contributed by atoms with van der Waals surface area (Å²) >= 11 is 3.25. The fraction of sp³-hybridized carbons (Fsp3) is 0. The third-order valence-corrected chi connectivity index (χ3v) is 2.52. The summed E-state index contributed by atoms with van der Waals surface area (Å²) < 4.78 is 26.7. The fourth-order valence-corrected chi connectivity index (χ4v) is 1.68. The third-order valence-electron chi connectivity index (χ3n) is 1.88. The second-order valence-corrected chi connectivity index (χ2v) is 3.72. The number of halogens is 3. The van der Waals surface area contributed by atoms with E-state index in [0.717, 1.165) is 6.07 Å². The molecular weight excluding hydrogens is 264 g/mol. The van der Waals surface area contributed by atoms with Crippen LogP contribution >= 0.6 is 15.9 Å². The zero-order valence-corrected chi connectivity index (χ0v) is 9.05. The van der Waals surface area contributed by atoms with Crippen molar-refractivity contribution in [3.63, 3.8) is 0 Å². The highest BCUT2D eigenvalue weighted by atomic mass is 79.9. The predicted octanol–water partition coefficient (Wildman–Crippen LogP) is 3.59. The molecule has 0 saturated heterocycles. The van der Waals surface area contributed by atoms with Crippen molar-refractivity contribution in [2.24, 2.45) is 0 Å². The molecule has 0 aliphatic carbocycles. The molecule has 0 atom stereocenters. The van der Waals surface area contributed by atoms with E-state index in [-0.39, 0.29) is 5.56 Å². The topological polar surface area (TPSA) is 12.9 Å². The minimum absolute atomic E-state index is 0.226. The van der Waals surface area contributed by atoms with Crippen molar-refractivity contribution in [3.05, 3.63) is 52.6 Å². The number of nitrogens with zero attached hydrogens (tertiary/aromatic N) is 1. The molecule has 0 unspecified atom stereocenters. The van der Waals surface area contributed by atoms with Gasteiger partial charge in [-0.05, 0) is 40.2 Å². The van der Waals surface area contributed by atoms with Gasteiger partial charge in [-0.3, -0.25) is 4.98 Å². The van der Waals surface area contributed by atoms with Gasteiger partial charge in [0.15, 0.2) is 0 Å². The Morgan fingerprint density at radius 2 is 2.00 bits per heavy atom. The first-order valence-corrected chi connectivity index (χ1v) is 4.96. The summed E-state index contributed by atoms with van der Waals surface area (Å²) in [7, 11) is 0. The Balaban J connectivity index is 2.60. The highest BCUT2D eigenvalue weighted by molar-refractivity contribution is 9.10. The van der Waals surface area contributed by atoms with Crippen LogP contribution in [0.3, 0.4) is 0 Å². The van der Waals surface area contributed by atoms with E-state index < -0.39 is 11.6 Å². The van der Waals surface area contributed by atoms with E-state index in [0.29, 0.717) is 10.2 Å². The lowest BCUT2D eigenvalue weighted by Gasteiger charge is -2.03. The van der Waals surface area contributed by atoms with Crippen molar-refractivity contribution < 1.29 is 8.78 Å². The number of aromatic nitrogens is 1. The van der Waals surface area contributed by atoms with E-state index in [4.69, 9.17) is 0 Å². The molecule has 1 nitrogen and oxygen atoms in total. The van der Waals surface area contributed by atoms with Crippen LogP contribution in [-0.2, 0) is 0 Å². The van der Waals surface area contributed by atoms with Crippen LogP contribution in [0, 0.1) is 17.7 Å². The molecule has 1 heterocycles. The second kappa shape index (κ2) is 4.06. The van der Waals surface area contributed by atoms with Gasteiger partial charge in [-0.15, -0.1) is 0 Å². The van der Waals surface area contributed by atoms with Crippen LogP contribution in [0.25, 0.3) is 11.3 Å². The summed E-state index contributed by atoms with van der Waals surface area (Å²) in [6, 6.07) is 7.93. The minimum Gasteiger partial charge on any atom is -0.255 e. The summed E-state index contributed by atoms with van der Waals surface area (Å²) in [6.45, 7) is 0. The molecule has 1 radical (unpaired) electrons. The first kappa shape index (κ1) is 10.2. The summed E-state index contributed by atoms with van der Waals surface area (Å²) in [5.41, 5.74) is 0.662. The maximum absolute atomic E-state index is 13.4. The van der Waals surface area contributed by atoms with Crippen molar-refractivity contribution in [2.75, 3.05) is 0 Å². The smallest absolute Gasteiger partial charge is 0.143 e. The van der Waals surface area contributed by atoms with Gasteiger partial charge in [0.2, 0.25) is 0 Å². The first-order valence-electron chi connectivity index (χ1n) is 4.16. The van der Waals surface area contributed by atoms with Crippen molar-refractivity contribution in [1.82, 2.24) is 4.98 Å². The minimum atomic E-state index is -0.741. The number of pyridine rings is 1. The summed E-state index contributed by atoms with van der Waals surface area (Å²) in [6.07, 6.45) is 1.54. The lowest BCUT2D eigenvalue weighted by atomic mass is 10.1. The van der Waals surface area contributed by atoms with Crippen molar-refractivity contribution in [3.8, 4) is 11.3 Å². The Hall–Kier alpha value is -1.29. The monoisotopic (exact) mass is 268 g/mol. The van der Waals surface area contributed by atoms with E-state index >= 15 is 0 Å². The molecule has 0 aliphatic rings. The number of hydrogen-bond acceptors (Lipinski definition) is 1. The van der Waals surface area contributed by atoms with E-state index in [1.54, 1.807) is 18.3 Å². The molecule has 2 rings (SSSR count). The van der Waals surface area contributed by atoms with Gasteiger partial charge in [0.1, 0.15) is 11.6 Å². The van der Waals surface area contributed by atoms with Crippen LogP contribution in [0.1, 0.15) is 0 Å². The quantitative estimate of drug-likeness (QED) is 0.770. The van der Waals surface area contributed by atoms with Crippen LogP contribution in [0.15, 0.2) is 34.9 Å². The SMILES string of the molecule is Fc1[c]c(F)c(-c2ncccc2Br)cc1. The fourth-order valence-electron chi connectivity index (χ4n) is 1.21. The average molecular weight is 269 g/mol. The molecule has 4 heteroatoms. The molecular formula is C11H5BrF2N. The Bertz CT molecular complexity index is 500. The molecule has 15 heavy (non-hydrogen) atoms. The first-order chi connectivity index (χ1) is 7.18. The summed E-state index contributed by atoms with van der Waals surface area (Å²) in [5.74, 6) is -1.46. The molecule has 1 aromatic carbocycles. The molecule has 2 aromatic rings. The number of hydrogen-bond donors (Lipinski definition) is 0. The molecule has 0 amide bonds. The van der Waals surface area contributed by atoms with Gasteiger partial charge < -0.3 is 0 Å². The van der Waals surface area contributed by atoms with Crippen LogP contribution in [0.4, 0.5) is 8.78 Å². The normalized spacial score (nSPS) is 10.3. The molecule has 75 valence electrons. The average Bonchev–Trinajstić information content (AvgIpc) is 2.20.